The van der Waals surface area contributed by atoms with Crippen molar-refractivity contribution in [3.63, 3.8) is 0 Å². The van der Waals surface area contributed by atoms with Crippen molar-refractivity contribution in [1.29, 1.82) is 0 Å². The quantitative estimate of drug-likeness (QED) is 0.541. The summed E-state index contributed by atoms with van der Waals surface area (Å²) in [4.78, 5) is 3.85. The van der Waals surface area contributed by atoms with Gasteiger partial charge in [0.25, 0.3) is 0 Å². The molecule has 0 saturated carbocycles. The third kappa shape index (κ3) is 3.22. The fourth-order valence-electron chi connectivity index (χ4n) is 3.88. The Morgan fingerprint density at radius 1 is 0.966 bits per heavy atom. The smallest absolute Gasteiger partial charge is 0.359 e. The van der Waals surface area contributed by atoms with Crippen LogP contribution in [0.2, 0.25) is 0 Å². The first kappa shape index (κ1) is 19.3. The van der Waals surface area contributed by atoms with Gasteiger partial charge in [-0.15, -0.1) is 0 Å². The minimum atomic E-state index is -4.44. The molecule has 0 unspecified atom stereocenters. The van der Waals surface area contributed by atoms with Crippen molar-refractivity contribution in [1.82, 2.24) is 4.90 Å². The lowest BCUT2D eigenvalue weighted by Crippen LogP contribution is -2.38. The summed E-state index contributed by atoms with van der Waals surface area (Å²) in [5.41, 5.74) is 3.00. The van der Waals surface area contributed by atoms with E-state index in [0.29, 0.717) is 11.4 Å². The lowest BCUT2D eigenvalue weighted by molar-refractivity contribution is -0.575. The Bertz CT molecular complexity index is 1120. The number of aromatic nitrogens is 1. The largest absolute Gasteiger partial charge is 0.416 e. The van der Waals surface area contributed by atoms with Gasteiger partial charge in [-0.25, -0.2) is 0 Å². The van der Waals surface area contributed by atoms with Crippen LogP contribution in [-0.4, -0.2) is 18.1 Å². The minimum absolute atomic E-state index is 0.0661. The summed E-state index contributed by atoms with van der Waals surface area (Å²) in [6.07, 6.45) is -0.795. The summed E-state index contributed by atoms with van der Waals surface area (Å²) in [7, 11) is 1.91. The number of nitrogens with zero attached hydrogens (tertiary/aromatic N) is 3. The van der Waals surface area contributed by atoms with Crippen LogP contribution in [0, 0.1) is 13.8 Å². The number of anilines is 1. The van der Waals surface area contributed by atoms with Gasteiger partial charge in [0.1, 0.15) is 6.17 Å². The number of alkyl halides is 3. The van der Waals surface area contributed by atoms with Crippen LogP contribution in [-0.2, 0) is 6.18 Å². The Labute approximate surface area is 168 Å². The first-order valence-electron chi connectivity index (χ1n) is 9.49. The molecular formula is C23H23F3N3+. The molecule has 6 heteroatoms. The van der Waals surface area contributed by atoms with Crippen LogP contribution in [0.15, 0.2) is 60.9 Å². The molecule has 4 rings (SSSR count). The molecule has 0 aliphatic carbocycles. The average molecular weight is 398 g/mol. The Morgan fingerprint density at radius 3 is 2.34 bits per heavy atom. The van der Waals surface area contributed by atoms with Crippen molar-refractivity contribution >= 4 is 16.6 Å². The third-order valence-corrected chi connectivity index (χ3v) is 5.69. The van der Waals surface area contributed by atoms with E-state index in [1.54, 1.807) is 0 Å². The van der Waals surface area contributed by atoms with E-state index in [2.05, 4.69) is 0 Å². The highest BCUT2D eigenvalue weighted by Crippen LogP contribution is 2.37. The van der Waals surface area contributed by atoms with Crippen LogP contribution >= 0.6 is 0 Å². The molecule has 1 atom stereocenters. The Balaban J connectivity index is 2.04. The first-order chi connectivity index (χ1) is 13.7. The van der Waals surface area contributed by atoms with Gasteiger partial charge in [0.15, 0.2) is 5.69 Å². The predicted molar refractivity (Wildman–Crippen MR) is 109 cm³/mol. The second-order valence-electron chi connectivity index (χ2n) is 7.51. The summed E-state index contributed by atoms with van der Waals surface area (Å²) in [5.74, 6) is 0. The zero-order chi connectivity index (χ0) is 20.9. The van der Waals surface area contributed by atoms with E-state index in [-0.39, 0.29) is 6.17 Å². The van der Waals surface area contributed by atoms with Gasteiger partial charge in [0.2, 0.25) is 11.2 Å². The zero-order valence-electron chi connectivity index (χ0n) is 16.8. The molecule has 1 aromatic heterocycles. The standard InChI is InChI=1S/C23H23F3N3/c1-15-9-10-18-7-5-6-8-20(18)29(15)22-14-19(23(24,25)26)13-21(16(22)2)28-12-11-27(4)17(28)3/h5-14,17H,1-4H3/q+1/t17-/m1/s1. The molecule has 29 heavy (non-hydrogen) atoms. The number of benzene rings is 2. The fraction of sp³-hybridized carbons (Fsp3) is 0.261. The van der Waals surface area contributed by atoms with Crippen LogP contribution < -0.4 is 9.47 Å². The van der Waals surface area contributed by atoms with E-state index >= 15 is 0 Å². The molecule has 0 N–H and O–H groups in total. The van der Waals surface area contributed by atoms with Gasteiger partial charge >= 0.3 is 6.18 Å². The van der Waals surface area contributed by atoms with Gasteiger partial charge in [-0.3, -0.25) is 0 Å². The van der Waals surface area contributed by atoms with E-state index in [4.69, 9.17) is 0 Å². The summed E-state index contributed by atoms with van der Waals surface area (Å²) < 4.78 is 43.4. The molecule has 0 radical (unpaired) electrons. The van der Waals surface area contributed by atoms with Crippen molar-refractivity contribution < 1.29 is 17.7 Å². The summed E-state index contributed by atoms with van der Waals surface area (Å²) in [5, 5.41) is 0.977. The fourth-order valence-corrected chi connectivity index (χ4v) is 3.88. The molecule has 3 nitrogen and oxygen atoms in total. The molecule has 1 aliphatic rings. The van der Waals surface area contributed by atoms with Crippen LogP contribution in [0.25, 0.3) is 16.6 Å². The van der Waals surface area contributed by atoms with Crippen LogP contribution in [0.5, 0.6) is 0 Å². The van der Waals surface area contributed by atoms with Gasteiger partial charge in [-0.05, 0) is 32.0 Å². The van der Waals surface area contributed by atoms with E-state index in [1.807, 2.05) is 91.0 Å². The topological polar surface area (TPSA) is 10.4 Å². The highest BCUT2D eigenvalue weighted by atomic mass is 19.4. The van der Waals surface area contributed by atoms with Gasteiger partial charge in [-0.2, -0.15) is 17.7 Å². The molecule has 3 aromatic rings. The lowest BCUT2D eigenvalue weighted by Gasteiger charge is -2.29. The number of aryl methyl sites for hydroxylation is 1. The van der Waals surface area contributed by atoms with Gasteiger partial charge < -0.3 is 9.80 Å². The van der Waals surface area contributed by atoms with E-state index in [0.717, 1.165) is 22.2 Å². The van der Waals surface area contributed by atoms with Gasteiger partial charge in [0.05, 0.1) is 11.3 Å². The Morgan fingerprint density at radius 2 is 1.69 bits per heavy atom. The lowest BCUT2D eigenvalue weighted by atomic mass is 10.0. The molecule has 0 saturated heterocycles. The molecule has 1 aliphatic heterocycles. The Hall–Kier alpha value is -3.02. The maximum atomic E-state index is 13.8. The number of hydrogen-bond acceptors (Lipinski definition) is 2. The monoisotopic (exact) mass is 398 g/mol. The zero-order valence-corrected chi connectivity index (χ0v) is 16.8. The molecule has 0 spiro atoms. The SMILES string of the molecule is Cc1c(N2C=CN(C)[C@H]2C)cc(C(F)(F)F)cc1-[n+]1c(C)ccc2ccccc21. The number of halogens is 3. The molecule has 0 bridgehead atoms. The number of pyridine rings is 1. The molecule has 2 heterocycles. The summed E-state index contributed by atoms with van der Waals surface area (Å²) in [6, 6.07) is 14.2. The third-order valence-electron chi connectivity index (χ3n) is 5.69. The molecule has 0 fully saturated rings. The Kier molecular flexibility index (Phi) is 4.52. The second-order valence-corrected chi connectivity index (χ2v) is 7.51. The molecule has 150 valence electrons. The average Bonchev–Trinajstić information content (AvgIpc) is 3.00. The number of para-hydroxylation sites is 1. The van der Waals surface area contributed by atoms with Crippen LogP contribution in [0.3, 0.4) is 0 Å². The molecule has 0 amide bonds. The number of hydrogen-bond donors (Lipinski definition) is 0. The number of rotatable bonds is 2. The summed E-state index contributed by atoms with van der Waals surface area (Å²) >= 11 is 0. The maximum absolute atomic E-state index is 13.8. The van der Waals surface area contributed by atoms with Crippen LogP contribution in [0.1, 0.15) is 23.7 Å². The highest BCUT2D eigenvalue weighted by Gasteiger charge is 2.36. The van der Waals surface area contributed by atoms with Crippen molar-refractivity contribution in [2.75, 3.05) is 11.9 Å². The minimum Gasteiger partial charge on any atom is -0.359 e. The summed E-state index contributed by atoms with van der Waals surface area (Å²) in [6.45, 7) is 5.77. The van der Waals surface area contributed by atoms with Gasteiger partial charge in [-0.1, -0.05) is 12.1 Å². The maximum Gasteiger partial charge on any atom is 0.416 e. The van der Waals surface area contributed by atoms with Crippen molar-refractivity contribution in [2.24, 2.45) is 0 Å². The highest BCUT2D eigenvalue weighted by molar-refractivity contribution is 5.76. The van der Waals surface area contributed by atoms with Crippen LogP contribution in [0.4, 0.5) is 18.9 Å². The predicted octanol–water partition coefficient (Wildman–Crippen LogP) is 5.32. The van der Waals surface area contributed by atoms with Crippen molar-refractivity contribution in [2.45, 2.75) is 33.1 Å². The number of fused-ring (bicyclic) bond motifs is 1. The first-order valence-corrected chi connectivity index (χ1v) is 9.49. The van der Waals surface area contributed by atoms with E-state index < -0.39 is 11.7 Å². The normalized spacial score (nSPS) is 16.9. The van der Waals surface area contributed by atoms with E-state index in [9.17, 15) is 13.2 Å². The molecular weight excluding hydrogens is 375 g/mol. The second kappa shape index (κ2) is 6.79. The van der Waals surface area contributed by atoms with E-state index in [1.165, 1.54) is 12.1 Å². The molecule has 2 aromatic carbocycles. The van der Waals surface area contributed by atoms with Gasteiger partial charge in [0, 0.05) is 55.5 Å². The van der Waals surface area contributed by atoms with Crippen molar-refractivity contribution in [3.05, 3.63) is 77.8 Å². The van der Waals surface area contributed by atoms with Crippen molar-refractivity contribution in [3.8, 4) is 5.69 Å².